The largest absolute Gasteiger partial charge is 0.497 e. The Hall–Kier alpha value is -3.22. The minimum Gasteiger partial charge on any atom is -0.497 e. The van der Waals surface area contributed by atoms with E-state index in [4.69, 9.17) is 4.74 Å². The van der Waals surface area contributed by atoms with Crippen LogP contribution in [0.25, 0.3) is 27.9 Å². The van der Waals surface area contributed by atoms with Crippen LogP contribution in [-0.2, 0) is 0 Å². The SMILES string of the molecule is COc1cccc(-c2c3c(=O)n([C@H]4CCC[C@H](C)[C@@H]4C)ccc3nc3ncnn23)c1. The molecule has 0 unspecified atom stereocenters. The molecule has 0 amide bonds. The maximum atomic E-state index is 13.8. The van der Waals surface area contributed by atoms with Crippen molar-refractivity contribution in [3.8, 4) is 17.0 Å². The van der Waals surface area contributed by atoms with E-state index in [1.165, 1.54) is 12.7 Å². The van der Waals surface area contributed by atoms with Crippen molar-refractivity contribution in [2.45, 2.75) is 39.2 Å². The average Bonchev–Trinajstić information content (AvgIpc) is 3.23. The molecule has 0 radical (unpaired) electrons. The zero-order valence-electron chi connectivity index (χ0n) is 17.4. The third-order valence-corrected chi connectivity index (χ3v) is 6.66. The lowest BCUT2D eigenvalue weighted by molar-refractivity contribution is 0.183. The first-order valence-electron chi connectivity index (χ1n) is 10.5. The van der Waals surface area contributed by atoms with Gasteiger partial charge in [0.15, 0.2) is 0 Å². The number of pyridine rings is 1. The van der Waals surface area contributed by atoms with Crippen molar-refractivity contribution < 1.29 is 4.74 Å². The Bertz CT molecular complexity index is 1290. The zero-order chi connectivity index (χ0) is 20.8. The van der Waals surface area contributed by atoms with Crippen LogP contribution in [0.4, 0.5) is 0 Å². The number of benzene rings is 1. The summed E-state index contributed by atoms with van der Waals surface area (Å²) in [5.74, 6) is 2.23. The highest BCUT2D eigenvalue weighted by molar-refractivity contribution is 5.93. The molecule has 1 fully saturated rings. The second kappa shape index (κ2) is 7.23. The van der Waals surface area contributed by atoms with Crippen LogP contribution >= 0.6 is 0 Å². The fourth-order valence-electron chi connectivity index (χ4n) is 4.78. The molecule has 1 aromatic carbocycles. The summed E-state index contributed by atoms with van der Waals surface area (Å²) in [5.41, 5.74) is 2.15. The van der Waals surface area contributed by atoms with E-state index in [-0.39, 0.29) is 11.6 Å². The van der Waals surface area contributed by atoms with Gasteiger partial charge in [-0.2, -0.15) is 14.6 Å². The van der Waals surface area contributed by atoms with Gasteiger partial charge in [-0.1, -0.05) is 38.8 Å². The molecule has 1 aliphatic rings. The van der Waals surface area contributed by atoms with Crippen LogP contribution in [-0.4, -0.2) is 31.3 Å². The molecule has 7 heteroatoms. The van der Waals surface area contributed by atoms with Crippen LogP contribution in [0.1, 0.15) is 39.2 Å². The van der Waals surface area contributed by atoms with Gasteiger partial charge in [-0.3, -0.25) is 4.79 Å². The molecule has 0 aliphatic heterocycles. The number of aromatic nitrogens is 5. The van der Waals surface area contributed by atoms with Crippen molar-refractivity contribution in [2.24, 2.45) is 11.8 Å². The molecule has 30 heavy (non-hydrogen) atoms. The van der Waals surface area contributed by atoms with Crippen molar-refractivity contribution in [1.29, 1.82) is 0 Å². The number of rotatable bonds is 3. The molecule has 0 spiro atoms. The van der Waals surface area contributed by atoms with Gasteiger partial charge in [0.05, 0.1) is 23.7 Å². The molecule has 3 atom stereocenters. The molecule has 0 bridgehead atoms. The van der Waals surface area contributed by atoms with Gasteiger partial charge in [-0.25, -0.2) is 4.98 Å². The van der Waals surface area contributed by atoms with E-state index < -0.39 is 0 Å². The maximum absolute atomic E-state index is 13.8. The van der Waals surface area contributed by atoms with Gasteiger partial charge < -0.3 is 9.30 Å². The first-order valence-corrected chi connectivity index (χ1v) is 10.5. The standard InChI is InChI=1S/C23H25N5O2/c1-14-6-4-9-19(15(14)2)27-11-10-18-20(22(27)29)21(28-23(26-18)24-13-25-28)16-7-5-8-17(12-16)30-3/h5,7-8,10-15,19H,4,6,9H2,1-3H3/t14-,15-,19-/m0/s1. The normalized spacial score (nSPS) is 21.9. The molecule has 5 rings (SSSR count). The molecule has 0 saturated heterocycles. The van der Waals surface area contributed by atoms with Gasteiger partial charge in [-0.15, -0.1) is 0 Å². The van der Waals surface area contributed by atoms with Crippen LogP contribution in [0.5, 0.6) is 5.75 Å². The van der Waals surface area contributed by atoms with Crippen molar-refractivity contribution in [3.63, 3.8) is 0 Å². The molecule has 154 valence electrons. The number of nitrogens with zero attached hydrogens (tertiary/aromatic N) is 5. The fourth-order valence-corrected chi connectivity index (χ4v) is 4.78. The van der Waals surface area contributed by atoms with Crippen LogP contribution in [0, 0.1) is 11.8 Å². The summed E-state index contributed by atoms with van der Waals surface area (Å²) >= 11 is 0. The van der Waals surface area contributed by atoms with Gasteiger partial charge in [0.1, 0.15) is 12.1 Å². The Kier molecular flexibility index (Phi) is 4.53. The first-order chi connectivity index (χ1) is 14.6. The fraction of sp³-hybridized carbons (Fsp3) is 0.391. The minimum atomic E-state index is -0.0267. The average molecular weight is 403 g/mol. The van der Waals surface area contributed by atoms with Gasteiger partial charge in [-0.05, 0) is 36.5 Å². The molecule has 7 nitrogen and oxygen atoms in total. The van der Waals surface area contributed by atoms with Crippen molar-refractivity contribution in [3.05, 3.63) is 53.2 Å². The van der Waals surface area contributed by atoms with E-state index in [9.17, 15) is 4.79 Å². The minimum absolute atomic E-state index is 0.0267. The number of methoxy groups -OCH3 is 1. The highest BCUT2D eigenvalue weighted by Crippen LogP contribution is 2.37. The third-order valence-electron chi connectivity index (χ3n) is 6.66. The summed E-state index contributed by atoms with van der Waals surface area (Å²) in [6.45, 7) is 4.54. The first kappa shape index (κ1) is 18.8. The zero-order valence-corrected chi connectivity index (χ0v) is 17.4. The predicted molar refractivity (Wildman–Crippen MR) is 116 cm³/mol. The Morgan fingerprint density at radius 3 is 2.87 bits per heavy atom. The molecule has 4 aromatic rings. The van der Waals surface area contributed by atoms with E-state index in [1.807, 2.05) is 41.1 Å². The highest BCUT2D eigenvalue weighted by atomic mass is 16.5. The summed E-state index contributed by atoms with van der Waals surface area (Å²) in [4.78, 5) is 22.7. The lowest BCUT2D eigenvalue weighted by Crippen LogP contribution is -2.33. The Labute approximate surface area is 174 Å². The summed E-state index contributed by atoms with van der Waals surface area (Å²) in [5, 5.41) is 4.93. The molecule has 0 N–H and O–H groups in total. The summed E-state index contributed by atoms with van der Waals surface area (Å²) < 4.78 is 8.97. The molecule has 3 aromatic heterocycles. The Morgan fingerprint density at radius 2 is 2.03 bits per heavy atom. The predicted octanol–water partition coefficient (Wildman–Crippen LogP) is 4.11. The Morgan fingerprint density at radius 1 is 1.17 bits per heavy atom. The van der Waals surface area contributed by atoms with Gasteiger partial charge in [0.25, 0.3) is 11.3 Å². The number of fused-ring (bicyclic) bond motifs is 2. The van der Waals surface area contributed by atoms with Crippen LogP contribution in [0.2, 0.25) is 0 Å². The molecular formula is C23H25N5O2. The van der Waals surface area contributed by atoms with Crippen LogP contribution in [0.3, 0.4) is 0 Å². The van der Waals surface area contributed by atoms with E-state index in [0.717, 1.165) is 24.2 Å². The molecular weight excluding hydrogens is 378 g/mol. The topological polar surface area (TPSA) is 74.3 Å². The maximum Gasteiger partial charge on any atom is 0.262 e. The van der Waals surface area contributed by atoms with Gasteiger partial charge >= 0.3 is 0 Å². The second-order valence-corrected chi connectivity index (χ2v) is 8.29. The van der Waals surface area contributed by atoms with Gasteiger partial charge in [0, 0.05) is 17.8 Å². The summed E-state index contributed by atoms with van der Waals surface area (Å²) in [6, 6.07) is 9.79. The number of hydrogen-bond donors (Lipinski definition) is 0. The summed E-state index contributed by atoms with van der Waals surface area (Å²) in [6.07, 6.45) is 6.75. The lowest BCUT2D eigenvalue weighted by Gasteiger charge is -2.35. The molecule has 1 saturated carbocycles. The van der Waals surface area contributed by atoms with Crippen molar-refractivity contribution in [2.75, 3.05) is 7.11 Å². The van der Waals surface area contributed by atoms with Crippen LogP contribution in [0.15, 0.2) is 47.7 Å². The highest BCUT2D eigenvalue weighted by Gasteiger charge is 2.30. The summed E-state index contributed by atoms with van der Waals surface area (Å²) in [7, 11) is 1.63. The monoisotopic (exact) mass is 403 g/mol. The smallest absolute Gasteiger partial charge is 0.262 e. The quantitative estimate of drug-likeness (QED) is 0.515. The molecule has 3 heterocycles. The third kappa shape index (κ3) is 2.88. The van der Waals surface area contributed by atoms with Crippen LogP contribution < -0.4 is 10.3 Å². The van der Waals surface area contributed by atoms with Gasteiger partial charge in [0.2, 0.25) is 0 Å². The second-order valence-electron chi connectivity index (χ2n) is 8.29. The van der Waals surface area contributed by atoms with Crippen molar-refractivity contribution >= 4 is 16.7 Å². The van der Waals surface area contributed by atoms with Crippen molar-refractivity contribution in [1.82, 2.24) is 24.1 Å². The van der Waals surface area contributed by atoms with E-state index in [2.05, 4.69) is 28.9 Å². The van der Waals surface area contributed by atoms with E-state index >= 15 is 0 Å². The molecule has 1 aliphatic carbocycles. The van der Waals surface area contributed by atoms with E-state index in [1.54, 1.807) is 11.6 Å². The van der Waals surface area contributed by atoms with E-state index in [0.29, 0.717) is 34.2 Å². The Balaban J connectivity index is 1.82. The lowest BCUT2D eigenvalue weighted by atomic mass is 9.78. The number of ether oxygens (including phenoxy) is 1. The number of hydrogen-bond acceptors (Lipinski definition) is 5.